The standard InChI is InChI=1S/C15H24N2O2S/c1-12(2)16-7-9-17(10-8-16)20(18,19)15-6-5-13(3)14(4)11-15/h5-6,11-12H,7-10H2,1-4H3. The lowest BCUT2D eigenvalue weighted by Crippen LogP contribution is -2.50. The van der Waals surface area contributed by atoms with Gasteiger partial charge >= 0.3 is 0 Å². The van der Waals surface area contributed by atoms with Crippen LogP contribution in [-0.4, -0.2) is 49.8 Å². The molecule has 20 heavy (non-hydrogen) atoms. The molecule has 1 aliphatic heterocycles. The maximum atomic E-state index is 12.6. The Kier molecular flexibility index (Phi) is 4.52. The fraction of sp³-hybridized carbons (Fsp3) is 0.600. The van der Waals surface area contributed by atoms with Gasteiger partial charge in [0.2, 0.25) is 10.0 Å². The number of piperazine rings is 1. The molecule has 4 nitrogen and oxygen atoms in total. The van der Waals surface area contributed by atoms with Gasteiger partial charge in [-0.15, -0.1) is 0 Å². The summed E-state index contributed by atoms with van der Waals surface area (Å²) < 4.78 is 26.9. The van der Waals surface area contributed by atoms with Crippen molar-refractivity contribution >= 4 is 10.0 Å². The van der Waals surface area contributed by atoms with Crippen LogP contribution in [0.25, 0.3) is 0 Å². The van der Waals surface area contributed by atoms with Gasteiger partial charge in [-0.1, -0.05) is 6.07 Å². The van der Waals surface area contributed by atoms with Crippen LogP contribution in [-0.2, 0) is 10.0 Å². The monoisotopic (exact) mass is 296 g/mol. The lowest BCUT2D eigenvalue weighted by molar-refractivity contribution is 0.154. The van der Waals surface area contributed by atoms with E-state index in [1.165, 1.54) is 0 Å². The highest BCUT2D eigenvalue weighted by Crippen LogP contribution is 2.20. The third-order valence-electron chi connectivity index (χ3n) is 4.12. The van der Waals surface area contributed by atoms with E-state index in [1.54, 1.807) is 16.4 Å². The maximum Gasteiger partial charge on any atom is 0.243 e. The number of rotatable bonds is 3. The van der Waals surface area contributed by atoms with Crippen LogP contribution >= 0.6 is 0 Å². The summed E-state index contributed by atoms with van der Waals surface area (Å²) in [5, 5.41) is 0. The van der Waals surface area contributed by atoms with Crippen LogP contribution in [0.4, 0.5) is 0 Å². The summed E-state index contributed by atoms with van der Waals surface area (Å²) in [6, 6.07) is 5.85. The predicted octanol–water partition coefficient (Wildman–Crippen LogP) is 2.02. The molecule has 0 saturated carbocycles. The van der Waals surface area contributed by atoms with E-state index in [0.717, 1.165) is 24.2 Å². The number of sulfonamides is 1. The average Bonchev–Trinajstić information content (AvgIpc) is 2.41. The molecule has 0 bridgehead atoms. The Bertz CT molecular complexity index is 574. The Balaban J connectivity index is 2.17. The van der Waals surface area contributed by atoms with Gasteiger partial charge in [0.25, 0.3) is 0 Å². The van der Waals surface area contributed by atoms with Crippen LogP contribution in [0.1, 0.15) is 25.0 Å². The van der Waals surface area contributed by atoms with Gasteiger partial charge in [-0.3, -0.25) is 4.90 Å². The van der Waals surface area contributed by atoms with Crippen LogP contribution in [0.15, 0.2) is 23.1 Å². The first-order valence-corrected chi connectivity index (χ1v) is 8.58. The molecule has 0 aliphatic carbocycles. The molecule has 0 atom stereocenters. The van der Waals surface area contributed by atoms with Crippen molar-refractivity contribution in [3.8, 4) is 0 Å². The summed E-state index contributed by atoms with van der Waals surface area (Å²) in [6.07, 6.45) is 0. The van der Waals surface area contributed by atoms with Crippen molar-refractivity contribution in [2.24, 2.45) is 0 Å². The van der Waals surface area contributed by atoms with Gasteiger partial charge in [0.1, 0.15) is 0 Å². The van der Waals surface area contributed by atoms with E-state index in [0.29, 0.717) is 24.0 Å². The molecule has 1 aromatic rings. The Hall–Kier alpha value is -0.910. The first-order valence-electron chi connectivity index (χ1n) is 7.14. The topological polar surface area (TPSA) is 40.6 Å². The van der Waals surface area contributed by atoms with Crippen LogP contribution < -0.4 is 0 Å². The molecule has 1 fully saturated rings. The van der Waals surface area contributed by atoms with Gasteiger partial charge in [-0.25, -0.2) is 8.42 Å². The zero-order valence-corrected chi connectivity index (χ0v) is 13.6. The molecule has 1 saturated heterocycles. The molecule has 0 spiro atoms. The van der Waals surface area contributed by atoms with E-state index < -0.39 is 10.0 Å². The van der Waals surface area contributed by atoms with Gasteiger partial charge < -0.3 is 0 Å². The van der Waals surface area contributed by atoms with Crippen molar-refractivity contribution in [1.82, 2.24) is 9.21 Å². The molecule has 0 amide bonds. The fourth-order valence-electron chi connectivity index (χ4n) is 2.48. The van der Waals surface area contributed by atoms with Gasteiger partial charge in [-0.2, -0.15) is 4.31 Å². The molecule has 0 aromatic heterocycles. The molecule has 1 heterocycles. The fourth-order valence-corrected chi connectivity index (χ4v) is 3.99. The average molecular weight is 296 g/mol. The molecule has 1 aliphatic rings. The van der Waals surface area contributed by atoms with E-state index in [9.17, 15) is 8.42 Å². The summed E-state index contributed by atoms with van der Waals surface area (Å²) in [4.78, 5) is 2.73. The lowest BCUT2D eigenvalue weighted by atomic mass is 10.1. The number of aryl methyl sites for hydroxylation is 2. The second-order valence-electron chi connectivity index (χ2n) is 5.78. The van der Waals surface area contributed by atoms with Crippen molar-refractivity contribution < 1.29 is 8.42 Å². The summed E-state index contributed by atoms with van der Waals surface area (Å²) in [5.41, 5.74) is 2.14. The summed E-state index contributed by atoms with van der Waals surface area (Å²) in [6.45, 7) is 11.0. The Morgan fingerprint density at radius 2 is 1.60 bits per heavy atom. The SMILES string of the molecule is Cc1ccc(S(=O)(=O)N2CCN(C(C)C)CC2)cc1C. The van der Waals surface area contributed by atoms with Crippen molar-refractivity contribution in [1.29, 1.82) is 0 Å². The van der Waals surface area contributed by atoms with Crippen molar-refractivity contribution in [3.05, 3.63) is 29.3 Å². The van der Waals surface area contributed by atoms with E-state index >= 15 is 0 Å². The molecule has 5 heteroatoms. The summed E-state index contributed by atoms with van der Waals surface area (Å²) in [5.74, 6) is 0. The summed E-state index contributed by atoms with van der Waals surface area (Å²) in [7, 11) is -3.34. The number of nitrogens with zero attached hydrogens (tertiary/aromatic N) is 2. The zero-order valence-electron chi connectivity index (χ0n) is 12.8. The largest absolute Gasteiger partial charge is 0.298 e. The van der Waals surface area contributed by atoms with E-state index in [4.69, 9.17) is 0 Å². The van der Waals surface area contributed by atoms with Gasteiger partial charge in [0.15, 0.2) is 0 Å². The van der Waals surface area contributed by atoms with Gasteiger partial charge in [-0.05, 0) is 51.0 Å². The van der Waals surface area contributed by atoms with Crippen LogP contribution in [0, 0.1) is 13.8 Å². The Morgan fingerprint density at radius 1 is 1.00 bits per heavy atom. The molecular weight excluding hydrogens is 272 g/mol. The Labute approximate surface area is 122 Å². The molecule has 2 rings (SSSR count). The number of hydrogen-bond donors (Lipinski definition) is 0. The minimum Gasteiger partial charge on any atom is -0.298 e. The van der Waals surface area contributed by atoms with Crippen molar-refractivity contribution in [2.45, 2.75) is 38.6 Å². The molecule has 112 valence electrons. The van der Waals surface area contributed by atoms with Crippen molar-refractivity contribution in [2.75, 3.05) is 26.2 Å². The third kappa shape index (κ3) is 3.05. The molecule has 1 aromatic carbocycles. The molecule has 0 N–H and O–H groups in total. The smallest absolute Gasteiger partial charge is 0.243 e. The van der Waals surface area contributed by atoms with Crippen LogP contribution in [0.3, 0.4) is 0 Å². The zero-order chi connectivity index (χ0) is 14.9. The maximum absolute atomic E-state index is 12.6. The normalized spacial score (nSPS) is 18.6. The number of hydrogen-bond acceptors (Lipinski definition) is 3. The Morgan fingerprint density at radius 3 is 2.10 bits per heavy atom. The quantitative estimate of drug-likeness (QED) is 0.857. The second kappa shape index (κ2) is 5.84. The predicted molar refractivity (Wildman–Crippen MR) is 81.4 cm³/mol. The minimum atomic E-state index is -3.34. The van der Waals surface area contributed by atoms with Crippen LogP contribution in [0.2, 0.25) is 0 Å². The van der Waals surface area contributed by atoms with E-state index in [2.05, 4.69) is 18.7 Å². The highest BCUT2D eigenvalue weighted by Gasteiger charge is 2.29. The van der Waals surface area contributed by atoms with Gasteiger partial charge in [0.05, 0.1) is 4.90 Å². The molecular formula is C15H24N2O2S. The first-order chi connectivity index (χ1) is 9.32. The molecule has 0 radical (unpaired) electrons. The highest BCUT2D eigenvalue weighted by atomic mass is 32.2. The van der Waals surface area contributed by atoms with Gasteiger partial charge in [0, 0.05) is 32.2 Å². The second-order valence-corrected chi connectivity index (χ2v) is 7.72. The van der Waals surface area contributed by atoms with Crippen LogP contribution in [0.5, 0.6) is 0 Å². The minimum absolute atomic E-state index is 0.415. The molecule has 0 unspecified atom stereocenters. The van der Waals surface area contributed by atoms with Crippen molar-refractivity contribution in [3.63, 3.8) is 0 Å². The highest BCUT2D eigenvalue weighted by molar-refractivity contribution is 7.89. The van der Waals surface area contributed by atoms with E-state index in [-0.39, 0.29) is 0 Å². The summed E-state index contributed by atoms with van der Waals surface area (Å²) >= 11 is 0. The number of benzene rings is 1. The lowest BCUT2D eigenvalue weighted by Gasteiger charge is -2.36. The van der Waals surface area contributed by atoms with E-state index in [1.807, 2.05) is 19.9 Å². The first kappa shape index (κ1) is 15.5. The third-order valence-corrected chi connectivity index (χ3v) is 6.01.